The molecule has 0 atom stereocenters. The summed E-state index contributed by atoms with van der Waals surface area (Å²) < 4.78 is 30.9. The summed E-state index contributed by atoms with van der Waals surface area (Å²) in [5.41, 5.74) is 1.17. The van der Waals surface area contributed by atoms with Crippen molar-refractivity contribution in [3.8, 4) is 0 Å². The first-order chi connectivity index (χ1) is 9.89. The van der Waals surface area contributed by atoms with Crippen LogP contribution in [0, 0.1) is 0 Å². The maximum Gasteiger partial charge on any atom is 0.294 e. The van der Waals surface area contributed by atoms with Gasteiger partial charge < -0.3 is 0 Å². The highest BCUT2D eigenvalue weighted by atomic mass is 32.2. The Morgan fingerprint density at radius 1 is 0.810 bits per heavy atom. The van der Waals surface area contributed by atoms with E-state index in [-0.39, 0.29) is 16.5 Å². The zero-order valence-corrected chi connectivity index (χ0v) is 11.5. The number of ketones is 2. The van der Waals surface area contributed by atoms with E-state index in [1.807, 2.05) is 0 Å². The van der Waals surface area contributed by atoms with E-state index in [4.69, 9.17) is 4.55 Å². The molecular formula is C15H10O5S. The third-order valence-corrected chi connectivity index (χ3v) is 4.36. The molecule has 0 aromatic heterocycles. The fraction of sp³-hybridized carbons (Fsp3) is 0.0667. The number of rotatable bonds is 2. The lowest BCUT2D eigenvalue weighted by Gasteiger charge is -2.07. The number of hydrogen-bond acceptors (Lipinski definition) is 4. The molecule has 0 saturated heterocycles. The van der Waals surface area contributed by atoms with Gasteiger partial charge in [-0.2, -0.15) is 8.42 Å². The van der Waals surface area contributed by atoms with Crippen LogP contribution in [-0.2, 0) is 10.1 Å². The van der Waals surface area contributed by atoms with Gasteiger partial charge in [0.05, 0.1) is 4.90 Å². The lowest BCUT2D eigenvalue weighted by Crippen LogP contribution is -2.13. The van der Waals surface area contributed by atoms with Gasteiger partial charge in [-0.05, 0) is 17.7 Å². The van der Waals surface area contributed by atoms with E-state index in [1.165, 1.54) is 24.3 Å². The van der Waals surface area contributed by atoms with Gasteiger partial charge in [-0.1, -0.05) is 36.4 Å². The summed E-state index contributed by atoms with van der Waals surface area (Å²) in [5.74, 6) is -1.54. The zero-order chi connectivity index (χ0) is 15.2. The smallest absolute Gasteiger partial charge is 0.293 e. The van der Waals surface area contributed by atoms with Crippen LogP contribution in [0.4, 0.5) is 0 Å². The van der Waals surface area contributed by atoms with Crippen LogP contribution in [0.2, 0.25) is 0 Å². The minimum Gasteiger partial charge on any atom is -0.293 e. The largest absolute Gasteiger partial charge is 0.294 e. The normalized spacial score (nSPS) is 15.3. The van der Waals surface area contributed by atoms with E-state index in [9.17, 15) is 18.0 Å². The molecule has 0 unspecified atom stereocenters. The summed E-state index contributed by atoms with van der Waals surface area (Å²) in [6, 6.07) is 11.7. The summed E-state index contributed by atoms with van der Waals surface area (Å²) in [7, 11) is -4.29. The zero-order valence-electron chi connectivity index (χ0n) is 10.7. The van der Waals surface area contributed by atoms with E-state index < -0.39 is 16.0 Å². The quantitative estimate of drug-likeness (QED) is 0.678. The standard InChI is InChI=1S/C15H10O5S/c16-14-11-3-1-2-4-12(11)15(17)13(14)9-5-7-10(8-6-9)21(18,19)20/h1-8,13H,(H,18,19,20). The Morgan fingerprint density at radius 3 is 1.71 bits per heavy atom. The van der Waals surface area contributed by atoms with Crippen LogP contribution >= 0.6 is 0 Å². The number of carbonyl (C=O) groups excluding carboxylic acids is 2. The average Bonchev–Trinajstić information content (AvgIpc) is 2.71. The number of fused-ring (bicyclic) bond motifs is 1. The number of carbonyl (C=O) groups is 2. The van der Waals surface area contributed by atoms with Crippen LogP contribution < -0.4 is 0 Å². The lowest BCUT2D eigenvalue weighted by atomic mass is 9.94. The molecule has 1 aliphatic rings. The Hall–Kier alpha value is -2.31. The monoisotopic (exact) mass is 302 g/mol. The summed E-state index contributed by atoms with van der Waals surface area (Å²) in [6.45, 7) is 0. The molecule has 106 valence electrons. The molecule has 1 aliphatic carbocycles. The van der Waals surface area contributed by atoms with Crippen molar-refractivity contribution in [2.75, 3.05) is 0 Å². The average molecular weight is 302 g/mol. The van der Waals surface area contributed by atoms with Crippen molar-refractivity contribution in [3.05, 3.63) is 65.2 Å². The third-order valence-electron chi connectivity index (χ3n) is 3.49. The molecule has 0 bridgehead atoms. The van der Waals surface area contributed by atoms with Gasteiger partial charge in [0.25, 0.3) is 10.1 Å². The number of hydrogen-bond donors (Lipinski definition) is 1. The number of benzene rings is 2. The van der Waals surface area contributed by atoms with Gasteiger partial charge >= 0.3 is 0 Å². The molecule has 0 heterocycles. The first kappa shape index (κ1) is 13.7. The van der Waals surface area contributed by atoms with E-state index in [0.717, 1.165) is 0 Å². The predicted molar refractivity (Wildman–Crippen MR) is 74.1 cm³/mol. The molecule has 0 fully saturated rings. The Balaban J connectivity index is 2.03. The molecule has 0 radical (unpaired) electrons. The van der Waals surface area contributed by atoms with Gasteiger partial charge in [-0.3, -0.25) is 14.1 Å². The van der Waals surface area contributed by atoms with E-state index >= 15 is 0 Å². The minimum absolute atomic E-state index is 0.276. The van der Waals surface area contributed by atoms with Gasteiger partial charge in [0.2, 0.25) is 0 Å². The Labute approximate surface area is 121 Å². The first-order valence-electron chi connectivity index (χ1n) is 6.14. The maximum absolute atomic E-state index is 12.3. The van der Waals surface area contributed by atoms with Crippen LogP contribution in [0.5, 0.6) is 0 Å². The summed E-state index contributed by atoms with van der Waals surface area (Å²) in [5, 5.41) is 0. The van der Waals surface area contributed by atoms with E-state index in [0.29, 0.717) is 16.7 Å². The molecule has 0 saturated carbocycles. The van der Waals surface area contributed by atoms with Gasteiger partial charge in [0.1, 0.15) is 5.92 Å². The first-order valence-corrected chi connectivity index (χ1v) is 7.58. The highest BCUT2D eigenvalue weighted by molar-refractivity contribution is 7.85. The van der Waals surface area contributed by atoms with Crippen LogP contribution in [-0.4, -0.2) is 24.5 Å². The molecule has 2 aromatic rings. The molecule has 2 aromatic carbocycles. The topological polar surface area (TPSA) is 88.5 Å². The second-order valence-corrected chi connectivity index (χ2v) is 6.17. The number of Topliss-reactive ketones (excluding diaryl/α,β-unsaturated/α-hetero) is 2. The molecule has 0 spiro atoms. The second kappa shape index (κ2) is 4.61. The van der Waals surface area contributed by atoms with Crippen molar-refractivity contribution in [2.24, 2.45) is 0 Å². The maximum atomic E-state index is 12.3. The summed E-state index contributed by atoms with van der Waals surface area (Å²) in [6.07, 6.45) is 0. The van der Waals surface area contributed by atoms with Crippen LogP contribution in [0.15, 0.2) is 53.4 Å². The lowest BCUT2D eigenvalue weighted by molar-refractivity contribution is 0.0890. The van der Waals surface area contributed by atoms with E-state index in [2.05, 4.69) is 0 Å². The molecule has 0 aliphatic heterocycles. The molecular weight excluding hydrogens is 292 g/mol. The van der Waals surface area contributed by atoms with Crippen molar-refractivity contribution < 1.29 is 22.6 Å². The van der Waals surface area contributed by atoms with Crippen molar-refractivity contribution in [3.63, 3.8) is 0 Å². The fourth-order valence-electron chi connectivity index (χ4n) is 2.48. The molecule has 6 heteroatoms. The highest BCUT2D eigenvalue weighted by Crippen LogP contribution is 2.34. The third kappa shape index (κ3) is 2.18. The van der Waals surface area contributed by atoms with Crippen molar-refractivity contribution in [1.82, 2.24) is 0 Å². The van der Waals surface area contributed by atoms with Gasteiger partial charge in [0, 0.05) is 11.1 Å². The van der Waals surface area contributed by atoms with Crippen LogP contribution in [0.3, 0.4) is 0 Å². The van der Waals surface area contributed by atoms with Gasteiger partial charge in [0.15, 0.2) is 11.6 Å². The van der Waals surface area contributed by atoms with E-state index in [1.54, 1.807) is 24.3 Å². The predicted octanol–water partition coefficient (Wildman–Crippen LogP) is 2.10. The Morgan fingerprint density at radius 2 is 1.29 bits per heavy atom. The van der Waals surface area contributed by atoms with Crippen LogP contribution in [0.1, 0.15) is 32.2 Å². The highest BCUT2D eigenvalue weighted by Gasteiger charge is 2.39. The molecule has 5 nitrogen and oxygen atoms in total. The molecule has 0 amide bonds. The van der Waals surface area contributed by atoms with Crippen molar-refractivity contribution in [2.45, 2.75) is 10.8 Å². The summed E-state index contributed by atoms with van der Waals surface area (Å²) >= 11 is 0. The molecule has 3 rings (SSSR count). The van der Waals surface area contributed by atoms with Crippen molar-refractivity contribution >= 4 is 21.7 Å². The van der Waals surface area contributed by atoms with Gasteiger partial charge in [-0.15, -0.1) is 0 Å². The molecule has 1 N–H and O–H groups in total. The SMILES string of the molecule is O=C1c2ccccc2C(=O)C1c1ccc(S(=O)(=O)O)cc1. The minimum atomic E-state index is -4.29. The Kier molecular flexibility index (Phi) is 3.00. The van der Waals surface area contributed by atoms with Crippen molar-refractivity contribution in [1.29, 1.82) is 0 Å². The fourth-order valence-corrected chi connectivity index (χ4v) is 2.96. The summed E-state index contributed by atoms with van der Waals surface area (Å²) in [4.78, 5) is 24.3. The Bertz CT molecular complexity index is 815. The van der Waals surface area contributed by atoms with Crippen LogP contribution in [0.25, 0.3) is 0 Å². The van der Waals surface area contributed by atoms with Gasteiger partial charge in [-0.25, -0.2) is 0 Å². The second-order valence-electron chi connectivity index (χ2n) is 4.75. The molecule has 21 heavy (non-hydrogen) atoms.